The molecule has 0 radical (unpaired) electrons. The summed E-state index contributed by atoms with van der Waals surface area (Å²) >= 11 is 1.34. The summed E-state index contributed by atoms with van der Waals surface area (Å²) in [6.45, 7) is 1.65. The van der Waals surface area contributed by atoms with Gasteiger partial charge in [-0.15, -0.1) is 11.3 Å². The second-order valence-corrected chi connectivity index (χ2v) is 6.71. The summed E-state index contributed by atoms with van der Waals surface area (Å²) in [7, 11) is 1.66. The highest BCUT2D eigenvalue weighted by molar-refractivity contribution is 7.16. The average Bonchev–Trinajstić information content (AvgIpc) is 3.04. The zero-order chi connectivity index (χ0) is 16.2. The predicted molar refractivity (Wildman–Crippen MR) is 86.8 cm³/mol. The van der Waals surface area contributed by atoms with Crippen LogP contribution < -0.4 is 0 Å². The van der Waals surface area contributed by atoms with Crippen molar-refractivity contribution in [2.45, 2.75) is 6.92 Å². The molecule has 1 amide bonds. The first kappa shape index (κ1) is 16.6. The molecule has 0 spiro atoms. The standard InChI is InChI=1S/C16H20N2O3S/c1-16(10-19,11-20)9-18(2)15(21)13-8-17-14(22-13)12-6-4-3-5-7-12/h3-8,19-20H,9-11H2,1-2H3. The van der Waals surface area contributed by atoms with Gasteiger partial charge in [0.15, 0.2) is 0 Å². The Kier molecular flexibility index (Phi) is 5.28. The van der Waals surface area contributed by atoms with Crippen LogP contribution in [0.5, 0.6) is 0 Å². The van der Waals surface area contributed by atoms with Crippen LogP contribution in [-0.2, 0) is 0 Å². The Hall–Kier alpha value is -1.76. The van der Waals surface area contributed by atoms with Gasteiger partial charge in [0, 0.05) is 24.6 Å². The van der Waals surface area contributed by atoms with Crippen LogP contribution in [0, 0.1) is 5.41 Å². The summed E-state index contributed by atoms with van der Waals surface area (Å²) in [6, 6.07) is 9.69. The van der Waals surface area contributed by atoms with Crippen LogP contribution in [0.1, 0.15) is 16.6 Å². The number of carbonyl (C=O) groups excluding carboxylic acids is 1. The van der Waals surface area contributed by atoms with Gasteiger partial charge in [0.2, 0.25) is 0 Å². The fourth-order valence-electron chi connectivity index (χ4n) is 2.07. The van der Waals surface area contributed by atoms with Crippen molar-refractivity contribution in [1.29, 1.82) is 0 Å². The first-order chi connectivity index (χ1) is 10.5. The summed E-state index contributed by atoms with van der Waals surface area (Å²) < 4.78 is 0. The first-order valence-corrected chi connectivity index (χ1v) is 7.79. The molecule has 0 aliphatic carbocycles. The van der Waals surface area contributed by atoms with Crippen LogP contribution in [0.2, 0.25) is 0 Å². The molecule has 5 nitrogen and oxygen atoms in total. The van der Waals surface area contributed by atoms with Crippen molar-refractivity contribution in [3.63, 3.8) is 0 Å². The number of thiazole rings is 1. The molecule has 1 heterocycles. The third-order valence-electron chi connectivity index (χ3n) is 3.47. The van der Waals surface area contributed by atoms with E-state index in [0.717, 1.165) is 10.6 Å². The van der Waals surface area contributed by atoms with E-state index in [1.165, 1.54) is 16.2 Å². The van der Waals surface area contributed by atoms with Gasteiger partial charge in [-0.3, -0.25) is 4.79 Å². The van der Waals surface area contributed by atoms with E-state index in [2.05, 4.69) is 4.98 Å². The lowest BCUT2D eigenvalue weighted by atomic mass is 9.92. The Balaban J connectivity index is 2.12. The number of aliphatic hydroxyl groups is 2. The molecule has 0 aliphatic heterocycles. The molecular formula is C16H20N2O3S. The van der Waals surface area contributed by atoms with Gasteiger partial charge in [0.1, 0.15) is 9.88 Å². The third kappa shape index (κ3) is 3.71. The van der Waals surface area contributed by atoms with E-state index >= 15 is 0 Å². The fourth-order valence-corrected chi connectivity index (χ4v) is 2.99. The quantitative estimate of drug-likeness (QED) is 0.852. The third-order valence-corrected chi connectivity index (χ3v) is 4.50. The zero-order valence-corrected chi connectivity index (χ0v) is 13.5. The lowest BCUT2D eigenvalue weighted by Gasteiger charge is -2.30. The summed E-state index contributed by atoms with van der Waals surface area (Å²) in [5.74, 6) is -0.159. The van der Waals surface area contributed by atoms with Crippen LogP contribution in [0.4, 0.5) is 0 Å². The molecule has 0 unspecified atom stereocenters. The number of aromatic nitrogens is 1. The molecule has 2 N–H and O–H groups in total. The van der Waals surface area contributed by atoms with E-state index in [1.807, 2.05) is 30.3 Å². The van der Waals surface area contributed by atoms with E-state index in [-0.39, 0.29) is 25.7 Å². The van der Waals surface area contributed by atoms with Crippen LogP contribution >= 0.6 is 11.3 Å². The molecule has 0 saturated heterocycles. The molecule has 118 valence electrons. The smallest absolute Gasteiger partial charge is 0.265 e. The maximum Gasteiger partial charge on any atom is 0.265 e. The molecule has 1 aromatic carbocycles. The number of aliphatic hydroxyl groups excluding tert-OH is 2. The van der Waals surface area contributed by atoms with Gasteiger partial charge in [-0.1, -0.05) is 37.3 Å². The van der Waals surface area contributed by atoms with Crippen molar-refractivity contribution in [3.05, 3.63) is 41.4 Å². The summed E-state index contributed by atoms with van der Waals surface area (Å²) in [4.78, 5) is 18.8. The van der Waals surface area contributed by atoms with Crippen molar-refractivity contribution in [1.82, 2.24) is 9.88 Å². The van der Waals surface area contributed by atoms with Gasteiger partial charge < -0.3 is 15.1 Å². The van der Waals surface area contributed by atoms with Crippen molar-refractivity contribution in [3.8, 4) is 10.6 Å². The van der Waals surface area contributed by atoms with E-state index in [1.54, 1.807) is 20.2 Å². The number of hydrogen-bond acceptors (Lipinski definition) is 5. The van der Waals surface area contributed by atoms with Crippen molar-refractivity contribution in [2.75, 3.05) is 26.8 Å². The number of nitrogens with zero attached hydrogens (tertiary/aromatic N) is 2. The zero-order valence-electron chi connectivity index (χ0n) is 12.7. The molecule has 2 aromatic rings. The minimum absolute atomic E-state index is 0.159. The molecule has 0 aliphatic rings. The SMILES string of the molecule is CN(CC(C)(CO)CO)C(=O)c1cnc(-c2ccccc2)s1. The fraction of sp³-hybridized carbons (Fsp3) is 0.375. The monoisotopic (exact) mass is 320 g/mol. The maximum absolute atomic E-state index is 12.4. The number of hydrogen-bond donors (Lipinski definition) is 2. The summed E-state index contributed by atoms with van der Waals surface area (Å²) in [5, 5.41) is 19.5. The Labute approximate surface area is 133 Å². The average molecular weight is 320 g/mol. The summed E-state index contributed by atoms with van der Waals surface area (Å²) in [5.41, 5.74) is 0.266. The molecule has 0 bridgehead atoms. The highest BCUT2D eigenvalue weighted by Crippen LogP contribution is 2.26. The molecule has 0 atom stereocenters. The van der Waals surface area contributed by atoms with E-state index in [4.69, 9.17) is 0 Å². The van der Waals surface area contributed by atoms with Gasteiger partial charge in [0.25, 0.3) is 5.91 Å². The summed E-state index contributed by atoms with van der Waals surface area (Å²) in [6.07, 6.45) is 1.57. The molecule has 0 fully saturated rings. The number of carbonyl (C=O) groups is 1. The molecule has 0 saturated carbocycles. The predicted octanol–water partition coefficient (Wildman–Crippen LogP) is 1.87. The Bertz CT molecular complexity index is 623. The lowest BCUT2D eigenvalue weighted by Crippen LogP contribution is -2.41. The Morgan fingerprint density at radius 3 is 2.50 bits per heavy atom. The van der Waals surface area contributed by atoms with Gasteiger partial charge in [-0.25, -0.2) is 4.98 Å². The van der Waals surface area contributed by atoms with Gasteiger partial charge in [0.05, 0.1) is 19.4 Å². The first-order valence-electron chi connectivity index (χ1n) is 6.97. The molecule has 6 heteroatoms. The largest absolute Gasteiger partial charge is 0.396 e. The second-order valence-electron chi connectivity index (χ2n) is 5.68. The van der Waals surface area contributed by atoms with Crippen molar-refractivity contribution < 1.29 is 15.0 Å². The van der Waals surface area contributed by atoms with E-state index in [0.29, 0.717) is 4.88 Å². The van der Waals surface area contributed by atoms with E-state index in [9.17, 15) is 15.0 Å². The van der Waals surface area contributed by atoms with Crippen LogP contribution in [0.3, 0.4) is 0 Å². The maximum atomic E-state index is 12.4. The van der Waals surface area contributed by atoms with Crippen molar-refractivity contribution in [2.24, 2.45) is 5.41 Å². The number of rotatable bonds is 6. The number of amides is 1. The highest BCUT2D eigenvalue weighted by atomic mass is 32.1. The van der Waals surface area contributed by atoms with Crippen molar-refractivity contribution >= 4 is 17.2 Å². The van der Waals surface area contributed by atoms with Gasteiger partial charge in [-0.05, 0) is 0 Å². The van der Waals surface area contributed by atoms with E-state index < -0.39 is 5.41 Å². The topological polar surface area (TPSA) is 73.7 Å². The van der Waals surface area contributed by atoms with Gasteiger partial charge >= 0.3 is 0 Å². The van der Waals surface area contributed by atoms with Crippen LogP contribution in [-0.4, -0.2) is 52.8 Å². The number of benzene rings is 1. The lowest BCUT2D eigenvalue weighted by molar-refractivity contribution is 0.0368. The second kappa shape index (κ2) is 7.00. The van der Waals surface area contributed by atoms with Crippen LogP contribution in [0.25, 0.3) is 10.6 Å². The Morgan fingerprint density at radius 1 is 1.27 bits per heavy atom. The minimum Gasteiger partial charge on any atom is -0.396 e. The normalized spacial score (nSPS) is 11.5. The molecule has 2 rings (SSSR count). The van der Waals surface area contributed by atoms with Crippen LogP contribution in [0.15, 0.2) is 36.5 Å². The molecular weight excluding hydrogens is 300 g/mol. The molecule has 1 aromatic heterocycles. The highest BCUT2D eigenvalue weighted by Gasteiger charge is 2.27. The Morgan fingerprint density at radius 2 is 1.91 bits per heavy atom. The van der Waals surface area contributed by atoms with Gasteiger partial charge in [-0.2, -0.15) is 0 Å². The molecule has 22 heavy (non-hydrogen) atoms. The minimum atomic E-state index is -0.711.